The summed E-state index contributed by atoms with van der Waals surface area (Å²) in [6, 6.07) is 7.30. The number of pyridine rings is 1. The van der Waals surface area contributed by atoms with Crippen molar-refractivity contribution >= 4 is 22.8 Å². The van der Waals surface area contributed by atoms with E-state index in [1.54, 1.807) is 19.1 Å². The number of aryl methyl sites for hydroxylation is 1. The summed E-state index contributed by atoms with van der Waals surface area (Å²) in [6.07, 6.45) is 2.06. The van der Waals surface area contributed by atoms with Crippen molar-refractivity contribution < 1.29 is 23.5 Å². The molecule has 0 saturated heterocycles. The molecule has 0 atom stereocenters. The number of aromatic nitrogens is 1. The molecule has 0 radical (unpaired) electrons. The Balaban J connectivity index is 1.62. The van der Waals surface area contributed by atoms with Crippen LogP contribution < -0.4 is 5.32 Å². The van der Waals surface area contributed by atoms with E-state index in [1.807, 2.05) is 0 Å². The molecule has 1 amide bonds. The molecule has 1 aliphatic rings. The molecule has 1 saturated carbocycles. The van der Waals surface area contributed by atoms with Gasteiger partial charge in [0.1, 0.15) is 22.9 Å². The lowest BCUT2D eigenvalue weighted by Gasteiger charge is -2.10. The lowest BCUT2D eigenvalue weighted by molar-refractivity contribution is 0.0694. The minimum Gasteiger partial charge on any atom is -0.478 e. The van der Waals surface area contributed by atoms with E-state index in [0.29, 0.717) is 28.1 Å². The van der Waals surface area contributed by atoms with E-state index in [-0.39, 0.29) is 23.8 Å². The quantitative estimate of drug-likeness (QED) is 0.715. The van der Waals surface area contributed by atoms with Crippen molar-refractivity contribution in [3.8, 4) is 0 Å². The number of hydrogen-bond donors (Lipinski definition) is 2. The summed E-state index contributed by atoms with van der Waals surface area (Å²) < 4.78 is 19.1. The van der Waals surface area contributed by atoms with Crippen LogP contribution in [0.15, 0.2) is 34.7 Å². The number of nitrogens with one attached hydrogen (secondary N) is 1. The van der Waals surface area contributed by atoms with Gasteiger partial charge in [0.25, 0.3) is 5.91 Å². The Kier molecular flexibility index (Phi) is 4.14. The predicted octanol–water partition coefficient (Wildman–Crippen LogP) is 3.78. The smallest absolute Gasteiger partial charge is 0.339 e. The fourth-order valence-electron chi connectivity index (χ4n) is 3.10. The highest BCUT2D eigenvalue weighted by Gasteiger charge is 2.27. The highest BCUT2D eigenvalue weighted by Crippen LogP contribution is 2.40. The van der Waals surface area contributed by atoms with Gasteiger partial charge in [-0.1, -0.05) is 0 Å². The number of carboxylic acid groups (broad SMARTS) is 1. The van der Waals surface area contributed by atoms with Gasteiger partial charge in [-0.3, -0.25) is 9.78 Å². The van der Waals surface area contributed by atoms with Crippen molar-refractivity contribution in [2.45, 2.75) is 32.2 Å². The summed E-state index contributed by atoms with van der Waals surface area (Å²) in [6.45, 7) is 1.58. The summed E-state index contributed by atoms with van der Waals surface area (Å²) >= 11 is 0. The van der Waals surface area contributed by atoms with Crippen LogP contribution in [0.5, 0.6) is 0 Å². The SMILES string of the molecule is Cc1oc(CNC(=O)c2cc(C3CC3)nc3ccc(F)cc23)cc1C(=O)O. The molecule has 0 aliphatic heterocycles. The zero-order valence-corrected chi connectivity index (χ0v) is 14.6. The molecular weight excluding hydrogens is 351 g/mol. The standard InChI is InChI=1S/C20H17FN2O4/c1-10-14(20(25)26)7-13(27-10)9-22-19(24)16-8-18(11-2-3-11)23-17-5-4-12(21)6-15(16)17/h4-8,11H,2-3,9H2,1H3,(H,22,24)(H,25,26). The van der Waals surface area contributed by atoms with Gasteiger partial charge in [0.05, 0.1) is 17.6 Å². The molecule has 2 aromatic heterocycles. The van der Waals surface area contributed by atoms with E-state index in [1.165, 1.54) is 18.2 Å². The zero-order chi connectivity index (χ0) is 19.1. The van der Waals surface area contributed by atoms with Crippen LogP contribution in [0.4, 0.5) is 4.39 Å². The van der Waals surface area contributed by atoms with E-state index in [0.717, 1.165) is 18.5 Å². The molecule has 2 heterocycles. The Bertz CT molecular complexity index is 1070. The molecule has 7 heteroatoms. The van der Waals surface area contributed by atoms with Crippen molar-refractivity contribution in [2.75, 3.05) is 0 Å². The minimum absolute atomic E-state index is 0.0326. The van der Waals surface area contributed by atoms with Crippen LogP contribution in [0, 0.1) is 12.7 Å². The van der Waals surface area contributed by atoms with E-state index in [4.69, 9.17) is 9.52 Å². The van der Waals surface area contributed by atoms with Gasteiger partial charge >= 0.3 is 5.97 Å². The number of halogens is 1. The van der Waals surface area contributed by atoms with Crippen LogP contribution in [0.3, 0.4) is 0 Å². The summed E-state index contributed by atoms with van der Waals surface area (Å²) in [5.74, 6) is -0.953. The fourth-order valence-corrected chi connectivity index (χ4v) is 3.10. The Morgan fingerprint density at radius 2 is 2.04 bits per heavy atom. The molecule has 138 valence electrons. The van der Waals surface area contributed by atoms with Crippen LogP contribution in [-0.2, 0) is 6.54 Å². The number of amides is 1. The number of hydrogen-bond acceptors (Lipinski definition) is 4. The highest BCUT2D eigenvalue weighted by molar-refractivity contribution is 6.06. The monoisotopic (exact) mass is 368 g/mol. The van der Waals surface area contributed by atoms with Crippen molar-refractivity contribution in [3.05, 3.63) is 64.5 Å². The second-order valence-electron chi connectivity index (χ2n) is 6.70. The average Bonchev–Trinajstić information content (AvgIpc) is 3.41. The Morgan fingerprint density at radius 3 is 2.70 bits per heavy atom. The topological polar surface area (TPSA) is 92.4 Å². The average molecular weight is 368 g/mol. The maximum absolute atomic E-state index is 13.7. The number of carbonyl (C=O) groups is 2. The first kappa shape index (κ1) is 17.2. The second-order valence-corrected chi connectivity index (χ2v) is 6.70. The van der Waals surface area contributed by atoms with Crippen molar-refractivity contribution in [1.82, 2.24) is 10.3 Å². The van der Waals surface area contributed by atoms with E-state index < -0.39 is 11.8 Å². The summed E-state index contributed by atoms with van der Waals surface area (Å²) in [7, 11) is 0. The van der Waals surface area contributed by atoms with Gasteiger partial charge < -0.3 is 14.8 Å². The van der Waals surface area contributed by atoms with E-state index in [9.17, 15) is 14.0 Å². The van der Waals surface area contributed by atoms with Crippen molar-refractivity contribution in [3.63, 3.8) is 0 Å². The first-order valence-corrected chi connectivity index (χ1v) is 8.63. The number of nitrogens with zero attached hydrogens (tertiary/aromatic N) is 1. The number of aromatic carboxylic acids is 1. The van der Waals surface area contributed by atoms with Crippen LogP contribution in [0.1, 0.15) is 56.7 Å². The fraction of sp³-hybridized carbons (Fsp3) is 0.250. The first-order valence-electron chi connectivity index (χ1n) is 8.63. The van der Waals surface area contributed by atoms with Gasteiger partial charge in [-0.15, -0.1) is 0 Å². The Morgan fingerprint density at radius 1 is 1.26 bits per heavy atom. The molecule has 27 heavy (non-hydrogen) atoms. The molecule has 0 bridgehead atoms. The van der Waals surface area contributed by atoms with Gasteiger partial charge in [-0.05, 0) is 50.1 Å². The van der Waals surface area contributed by atoms with Crippen molar-refractivity contribution in [2.24, 2.45) is 0 Å². The van der Waals surface area contributed by atoms with Gasteiger partial charge in [-0.2, -0.15) is 0 Å². The van der Waals surface area contributed by atoms with Crippen LogP contribution in [0.2, 0.25) is 0 Å². The van der Waals surface area contributed by atoms with Gasteiger partial charge in [0.2, 0.25) is 0 Å². The lowest BCUT2D eigenvalue weighted by atomic mass is 10.0. The van der Waals surface area contributed by atoms with E-state index >= 15 is 0 Å². The normalized spacial score (nSPS) is 13.7. The van der Waals surface area contributed by atoms with Gasteiger partial charge in [-0.25, -0.2) is 9.18 Å². The van der Waals surface area contributed by atoms with Crippen LogP contribution >= 0.6 is 0 Å². The molecule has 0 spiro atoms. The molecule has 2 N–H and O–H groups in total. The maximum atomic E-state index is 13.7. The van der Waals surface area contributed by atoms with E-state index in [2.05, 4.69) is 10.3 Å². The number of rotatable bonds is 5. The molecular formula is C20H17FN2O4. The molecule has 4 rings (SSSR count). The first-order chi connectivity index (χ1) is 12.9. The van der Waals surface area contributed by atoms with Crippen LogP contribution in [-0.4, -0.2) is 22.0 Å². The third-order valence-corrected chi connectivity index (χ3v) is 4.65. The Hall–Kier alpha value is -3.22. The molecule has 6 nitrogen and oxygen atoms in total. The maximum Gasteiger partial charge on any atom is 0.339 e. The highest BCUT2D eigenvalue weighted by atomic mass is 19.1. The number of furan rings is 1. The molecule has 1 aliphatic carbocycles. The molecule has 1 fully saturated rings. The number of fused-ring (bicyclic) bond motifs is 1. The predicted molar refractivity (Wildman–Crippen MR) is 95.3 cm³/mol. The summed E-state index contributed by atoms with van der Waals surface area (Å²) in [4.78, 5) is 28.4. The second kappa shape index (κ2) is 6.50. The molecule has 1 aromatic carbocycles. The zero-order valence-electron chi connectivity index (χ0n) is 14.6. The Labute approximate surface area is 154 Å². The third kappa shape index (κ3) is 3.40. The number of carbonyl (C=O) groups excluding carboxylic acids is 1. The molecule has 3 aromatic rings. The number of carboxylic acids is 1. The summed E-state index contributed by atoms with van der Waals surface area (Å²) in [5.41, 5.74) is 1.82. The summed E-state index contributed by atoms with van der Waals surface area (Å²) in [5, 5.41) is 12.2. The molecule has 0 unspecified atom stereocenters. The van der Waals surface area contributed by atoms with Crippen LogP contribution in [0.25, 0.3) is 10.9 Å². The largest absolute Gasteiger partial charge is 0.478 e. The lowest BCUT2D eigenvalue weighted by Crippen LogP contribution is -2.23. The van der Waals surface area contributed by atoms with Gasteiger partial charge in [0, 0.05) is 17.0 Å². The van der Waals surface area contributed by atoms with Gasteiger partial charge in [0.15, 0.2) is 0 Å². The van der Waals surface area contributed by atoms with Crippen molar-refractivity contribution in [1.29, 1.82) is 0 Å². The minimum atomic E-state index is -1.08. The third-order valence-electron chi connectivity index (χ3n) is 4.65. The number of benzene rings is 1.